The molecule has 0 fully saturated rings. The van der Waals surface area contributed by atoms with Crippen LogP contribution in [0.15, 0.2) is 29.2 Å². The maximum absolute atomic E-state index is 12.3. The van der Waals surface area contributed by atoms with Gasteiger partial charge in [-0.15, -0.1) is 0 Å². The van der Waals surface area contributed by atoms with Gasteiger partial charge in [0, 0.05) is 13.6 Å². The first kappa shape index (κ1) is 12.8. The van der Waals surface area contributed by atoms with Gasteiger partial charge in [-0.2, -0.15) is 4.31 Å². The fourth-order valence-electron chi connectivity index (χ4n) is 1.86. The summed E-state index contributed by atoms with van der Waals surface area (Å²) in [6.07, 6.45) is 0. The summed E-state index contributed by atoms with van der Waals surface area (Å²) in [5.41, 5.74) is 0.496. The second-order valence-corrected chi connectivity index (χ2v) is 5.90. The Bertz CT molecular complexity index is 570. The lowest BCUT2D eigenvalue weighted by molar-refractivity contribution is -0.144. The summed E-state index contributed by atoms with van der Waals surface area (Å²) in [7, 11) is -1.08. The Kier molecular flexibility index (Phi) is 3.27. The summed E-state index contributed by atoms with van der Waals surface area (Å²) in [4.78, 5) is 11.8. The third-order valence-corrected chi connectivity index (χ3v) is 4.87. The zero-order chi connectivity index (χ0) is 13.3. The van der Waals surface area contributed by atoms with Gasteiger partial charge in [-0.3, -0.25) is 4.79 Å². The standard InChI is InChI=1S/C11H14N2O4S/c1-13-9(11(14)17-2)7-12-8-5-3-4-6-10(8)18(13,15)16/h3-6,9,12H,7H2,1-2H3/t9-/m1/s1. The van der Waals surface area contributed by atoms with Gasteiger partial charge in [0.15, 0.2) is 0 Å². The molecule has 0 bridgehead atoms. The number of carbonyl (C=O) groups excluding carboxylic acids is 1. The third-order valence-electron chi connectivity index (χ3n) is 2.94. The van der Waals surface area contributed by atoms with E-state index >= 15 is 0 Å². The predicted octanol–water partition coefficient (Wildman–Crippen LogP) is 0.274. The summed E-state index contributed by atoms with van der Waals surface area (Å²) in [5.74, 6) is -0.582. The molecule has 1 atom stereocenters. The van der Waals surface area contributed by atoms with Gasteiger partial charge in [0.2, 0.25) is 10.0 Å². The van der Waals surface area contributed by atoms with Gasteiger partial charge in [0.1, 0.15) is 10.9 Å². The molecule has 1 aliphatic heterocycles. The number of sulfonamides is 1. The second-order valence-electron chi connectivity index (χ2n) is 3.94. The van der Waals surface area contributed by atoms with E-state index in [0.717, 1.165) is 4.31 Å². The number of esters is 1. The lowest BCUT2D eigenvalue weighted by atomic mass is 10.2. The van der Waals surface area contributed by atoms with Crippen molar-refractivity contribution in [1.82, 2.24) is 4.31 Å². The molecule has 0 spiro atoms. The van der Waals surface area contributed by atoms with Gasteiger partial charge in [-0.1, -0.05) is 12.1 Å². The Balaban J connectivity index is 2.51. The van der Waals surface area contributed by atoms with Gasteiger partial charge >= 0.3 is 5.97 Å². The molecule has 98 valence electrons. The van der Waals surface area contributed by atoms with Crippen molar-refractivity contribution >= 4 is 21.7 Å². The topological polar surface area (TPSA) is 75.7 Å². The molecule has 1 N–H and O–H groups in total. The number of benzene rings is 1. The van der Waals surface area contributed by atoms with Crippen LogP contribution in [0.25, 0.3) is 0 Å². The van der Waals surface area contributed by atoms with Crippen LogP contribution in [0, 0.1) is 0 Å². The molecule has 1 heterocycles. The maximum Gasteiger partial charge on any atom is 0.326 e. The van der Waals surface area contributed by atoms with Crippen molar-refractivity contribution in [3.05, 3.63) is 24.3 Å². The number of para-hydroxylation sites is 1. The number of nitrogens with zero attached hydrogens (tertiary/aromatic N) is 1. The zero-order valence-electron chi connectivity index (χ0n) is 10.1. The number of methoxy groups -OCH3 is 1. The van der Waals surface area contributed by atoms with Crippen LogP contribution >= 0.6 is 0 Å². The van der Waals surface area contributed by atoms with Crippen molar-refractivity contribution in [2.24, 2.45) is 0 Å². The Labute approximate surface area is 106 Å². The van der Waals surface area contributed by atoms with Gasteiger partial charge < -0.3 is 10.1 Å². The minimum Gasteiger partial charge on any atom is -0.468 e. The molecule has 0 saturated heterocycles. The van der Waals surface area contributed by atoms with E-state index in [9.17, 15) is 13.2 Å². The molecule has 0 aliphatic carbocycles. The van der Waals surface area contributed by atoms with E-state index in [-0.39, 0.29) is 11.4 Å². The van der Waals surface area contributed by atoms with E-state index in [1.54, 1.807) is 18.2 Å². The number of hydrogen-bond donors (Lipinski definition) is 1. The molecular weight excluding hydrogens is 256 g/mol. The first-order valence-electron chi connectivity index (χ1n) is 5.37. The Morgan fingerprint density at radius 3 is 2.78 bits per heavy atom. The monoisotopic (exact) mass is 270 g/mol. The minimum absolute atomic E-state index is 0.166. The van der Waals surface area contributed by atoms with E-state index < -0.39 is 22.0 Å². The Hall–Kier alpha value is -1.60. The highest BCUT2D eigenvalue weighted by molar-refractivity contribution is 7.89. The van der Waals surface area contributed by atoms with Crippen LogP contribution in [-0.4, -0.2) is 45.4 Å². The van der Waals surface area contributed by atoms with Crippen molar-refractivity contribution in [2.45, 2.75) is 10.9 Å². The molecule has 6 nitrogen and oxygen atoms in total. The highest BCUT2D eigenvalue weighted by atomic mass is 32.2. The average Bonchev–Trinajstić information content (AvgIpc) is 2.47. The van der Waals surface area contributed by atoms with Crippen LogP contribution in [0.1, 0.15) is 0 Å². The zero-order valence-corrected chi connectivity index (χ0v) is 10.9. The van der Waals surface area contributed by atoms with Crippen LogP contribution in [-0.2, 0) is 19.6 Å². The normalized spacial score (nSPS) is 22.4. The molecule has 0 amide bonds. The van der Waals surface area contributed by atoms with Crippen LogP contribution in [0.3, 0.4) is 0 Å². The van der Waals surface area contributed by atoms with E-state index in [1.165, 1.54) is 20.2 Å². The molecular formula is C11H14N2O4S. The molecule has 1 aliphatic rings. The quantitative estimate of drug-likeness (QED) is 0.742. The number of fused-ring (bicyclic) bond motifs is 1. The van der Waals surface area contributed by atoms with Crippen LogP contribution in [0.4, 0.5) is 5.69 Å². The number of rotatable bonds is 1. The molecule has 7 heteroatoms. The molecule has 0 saturated carbocycles. The molecule has 0 radical (unpaired) electrons. The van der Waals surface area contributed by atoms with Crippen LogP contribution in [0.2, 0.25) is 0 Å². The number of ether oxygens (including phenoxy) is 1. The minimum atomic E-state index is -3.69. The summed E-state index contributed by atoms with van der Waals surface area (Å²) in [6, 6.07) is 5.69. The van der Waals surface area contributed by atoms with Crippen molar-refractivity contribution in [3.63, 3.8) is 0 Å². The van der Waals surface area contributed by atoms with Crippen molar-refractivity contribution in [2.75, 3.05) is 26.0 Å². The number of likely N-dealkylation sites (N-methyl/N-ethyl adjacent to an activating group) is 1. The first-order chi connectivity index (χ1) is 8.48. The fourth-order valence-corrected chi connectivity index (χ4v) is 3.34. The predicted molar refractivity (Wildman–Crippen MR) is 65.7 cm³/mol. The van der Waals surface area contributed by atoms with Gasteiger partial charge in [-0.05, 0) is 12.1 Å². The highest BCUT2D eigenvalue weighted by Gasteiger charge is 2.37. The number of hydrogen-bond acceptors (Lipinski definition) is 5. The largest absolute Gasteiger partial charge is 0.468 e. The van der Waals surface area contributed by atoms with Crippen molar-refractivity contribution in [1.29, 1.82) is 0 Å². The Morgan fingerprint density at radius 2 is 2.11 bits per heavy atom. The number of anilines is 1. The summed E-state index contributed by atoms with van der Waals surface area (Å²) in [6.45, 7) is 0.180. The second kappa shape index (κ2) is 4.58. The molecule has 0 unspecified atom stereocenters. The van der Waals surface area contributed by atoms with Crippen molar-refractivity contribution < 1.29 is 17.9 Å². The third kappa shape index (κ3) is 1.95. The fraction of sp³-hybridized carbons (Fsp3) is 0.364. The van der Waals surface area contributed by atoms with Crippen molar-refractivity contribution in [3.8, 4) is 0 Å². The van der Waals surface area contributed by atoms with Gasteiger partial charge in [0.25, 0.3) is 0 Å². The number of carbonyl (C=O) groups is 1. The molecule has 0 aromatic heterocycles. The summed E-state index contributed by atoms with van der Waals surface area (Å²) >= 11 is 0. The molecule has 2 rings (SSSR count). The van der Waals surface area contributed by atoms with Crippen LogP contribution in [0.5, 0.6) is 0 Å². The number of nitrogens with one attached hydrogen (secondary N) is 1. The molecule has 1 aromatic carbocycles. The smallest absolute Gasteiger partial charge is 0.326 e. The average molecular weight is 270 g/mol. The van der Waals surface area contributed by atoms with Crippen LogP contribution < -0.4 is 5.32 Å². The van der Waals surface area contributed by atoms with Gasteiger partial charge in [-0.25, -0.2) is 8.42 Å². The summed E-state index contributed by atoms with van der Waals surface area (Å²) in [5, 5.41) is 2.95. The maximum atomic E-state index is 12.3. The molecule has 18 heavy (non-hydrogen) atoms. The van der Waals surface area contributed by atoms with E-state index in [2.05, 4.69) is 10.1 Å². The SMILES string of the molecule is COC(=O)[C@H]1CNc2ccccc2S(=O)(=O)N1C. The lowest BCUT2D eigenvalue weighted by Gasteiger charge is -2.22. The van der Waals surface area contributed by atoms with E-state index in [0.29, 0.717) is 5.69 Å². The van der Waals surface area contributed by atoms with E-state index in [1.807, 2.05) is 0 Å². The Morgan fingerprint density at radius 1 is 1.44 bits per heavy atom. The van der Waals surface area contributed by atoms with E-state index in [4.69, 9.17) is 0 Å². The first-order valence-corrected chi connectivity index (χ1v) is 6.81. The lowest BCUT2D eigenvalue weighted by Crippen LogP contribution is -2.45. The highest BCUT2D eigenvalue weighted by Crippen LogP contribution is 2.28. The molecule has 1 aromatic rings. The summed E-state index contributed by atoms with van der Waals surface area (Å²) < 4.78 is 30.3. The van der Waals surface area contributed by atoms with Gasteiger partial charge in [0.05, 0.1) is 12.8 Å².